The smallest absolute Gasteiger partial charge is 0.268 e. The van der Waals surface area contributed by atoms with Gasteiger partial charge >= 0.3 is 0 Å². The van der Waals surface area contributed by atoms with E-state index in [1.807, 2.05) is 18.2 Å². The summed E-state index contributed by atoms with van der Waals surface area (Å²) < 4.78 is 0. The number of fused-ring (bicyclic) bond motifs is 1. The van der Waals surface area contributed by atoms with Gasteiger partial charge in [-0.1, -0.05) is 48.5 Å². The van der Waals surface area contributed by atoms with E-state index in [2.05, 4.69) is 0 Å². The molecule has 1 aliphatic heterocycles. The summed E-state index contributed by atoms with van der Waals surface area (Å²) in [6, 6.07) is 18.1. The van der Waals surface area contributed by atoms with Crippen LogP contribution in [0.4, 0.5) is 5.69 Å². The molecule has 0 bridgehead atoms. The maximum atomic E-state index is 12.8. The molecule has 1 amide bonds. The monoisotopic (exact) mass is 278 g/mol. The lowest BCUT2D eigenvalue weighted by Gasteiger charge is -2.23. The molecular formula is C17H14N2O2. The Balaban J connectivity index is 2.15. The van der Waals surface area contributed by atoms with Crippen molar-refractivity contribution in [1.29, 1.82) is 5.26 Å². The highest BCUT2D eigenvalue weighted by Crippen LogP contribution is 2.44. The lowest BCUT2D eigenvalue weighted by molar-refractivity contribution is -0.132. The van der Waals surface area contributed by atoms with Crippen molar-refractivity contribution in [3.63, 3.8) is 0 Å². The number of nitriles is 1. The molecule has 0 aromatic heterocycles. The zero-order chi connectivity index (χ0) is 14.9. The van der Waals surface area contributed by atoms with Crippen molar-refractivity contribution in [3.8, 4) is 6.07 Å². The lowest BCUT2D eigenvalue weighted by Crippen LogP contribution is -2.41. The zero-order valence-electron chi connectivity index (χ0n) is 11.4. The van der Waals surface area contributed by atoms with Gasteiger partial charge < -0.3 is 10.0 Å². The minimum absolute atomic E-state index is 0.227. The van der Waals surface area contributed by atoms with Gasteiger partial charge in [-0.25, -0.2) is 0 Å². The molecule has 1 heterocycles. The molecule has 1 N–H and O–H groups in total. The van der Waals surface area contributed by atoms with Crippen LogP contribution in [-0.4, -0.2) is 17.6 Å². The number of hydrogen-bond acceptors (Lipinski definition) is 3. The molecule has 0 fully saturated rings. The van der Waals surface area contributed by atoms with Crippen LogP contribution in [0.5, 0.6) is 0 Å². The fourth-order valence-corrected chi connectivity index (χ4v) is 2.78. The SMILES string of the molecule is N#CCCN1C(=O)C(O)(c2ccccc2)c2ccccc21. The molecule has 21 heavy (non-hydrogen) atoms. The molecule has 0 saturated carbocycles. The Morgan fingerprint density at radius 1 is 1.10 bits per heavy atom. The van der Waals surface area contributed by atoms with Gasteiger partial charge in [0.1, 0.15) is 0 Å². The summed E-state index contributed by atoms with van der Waals surface area (Å²) in [6.07, 6.45) is 0.227. The Kier molecular flexibility index (Phi) is 3.20. The molecule has 1 unspecified atom stereocenters. The summed E-state index contributed by atoms with van der Waals surface area (Å²) >= 11 is 0. The Labute approximate surface area is 122 Å². The maximum absolute atomic E-state index is 12.8. The number of amides is 1. The highest BCUT2D eigenvalue weighted by atomic mass is 16.3. The quantitative estimate of drug-likeness (QED) is 0.936. The van der Waals surface area contributed by atoms with Gasteiger partial charge in [-0.15, -0.1) is 0 Å². The zero-order valence-corrected chi connectivity index (χ0v) is 11.4. The van der Waals surface area contributed by atoms with Crippen molar-refractivity contribution in [3.05, 3.63) is 65.7 Å². The van der Waals surface area contributed by atoms with Gasteiger partial charge in [0.15, 0.2) is 5.60 Å². The molecular weight excluding hydrogens is 264 g/mol. The summed E-state index contributed by atoms with van der Waals surface area (Å²) in [6.45, 7) is 0.279. The summed E-state index contributed by atoms with van der Waals surface area (Å²) in [5, 5.41) is 19.8. The predicted molar refractivity (Wildman–Crippen MR) is 78.5 cm³/mol. The van der Waals surface area contributed by atoms with Crippen molar-refractivity contribution in [1.82, 2.24) is 0 Å². The minimum atomic E-state index is -1.67. The van der Waals surface area contributed by atoms with E-state index in [9.17, 15) is 9.90 Å². The van der Waals surface area contributed by atoms with Gasteiger partial charge in [-0.05, 0) is 11.6 Å². The van der Waals surface area contributed by atoms with Crippen molar-refractivity contribution in [2.24, 2.45) is 0 Å². The highest BCUT2D eigenvalue weighted by molar-refractivity contribution is 6.09. The molecule has 2 aromatic carbocycles. The van der Waals surface area contributed by atoms with Crippen LogP contribution >= 0.6 is 0 Å². The van der Waals surface area contributed by atoms with Crippen molar-refractivity contribution in [2.75, 3.05) is 11.4 Å². The second-order valence-corrected chi connectivity index (χ2v) is 4.96. The minimum Gasteiger partial charge on any atom is -0.372 e. The third-order valence-corrected chi connectivity index (χ3v) is 3.78. The summed E-state index contributed by atoms with van der Waals surface area (Å²) in [5.41, 5.74) is 0.109. The number of carbonyl (C=O) groups excluding carboxylic acids is 1. The number of benzene rings is 2. The van der Waals surface area contributed by atoms with Crippen LogP contribution in [0, 0.1) is 11.3 Å². The van der Waals surface area contributed by atoms with E-state index in [1.54, 1.807) is 42.5 Å². The number of hydrogen-bond donors (Lipinski definition) is 1. The average Bonchev–Trinajstić information content (AvgIpc) is 2.76. The molecule has 0 aliphatic carbocycles. The maximum Gasteiger partial charge on any atom is 0.268 e. The second-order valence-electron chi connectivity index (χ2n) is 4.96. The fraction of sp³-hybridized carbons (Fsp3) is 0.176. The van der Waals surface area contributed by atoms with Gasteiger partial charge in [0.2, 0.25) is 0 Å². The molecule has 2 aromatic rings. The first-order valence-corrected chi connectivity index (χ1v) is 6.76. The molecule has 4 nitrogen and oxygen atoms in total. The number of aliphatic hydroxyl groups is 1. The fourth-order valence-electron chi connectivity index (χ4n) is 2.78. The van der Waals surface area contributed by atoms with Crippen LogP contribution in [-0.2, 0) is 10.4 Å². The van der Waals surface area contributed by atoms with E-state index in [0.717, 1.165) is 0 Å². The number of para-hydroxylation sites is 1. The van der Waals surface area contributed by atoms with E-state index in [1.165, 1.54) is 4.90 Å². The van der Waals surface area contributed by atoms with Crippen LogP contribution in [0.25, 0.3) is 0 Å². The van der Waals surface area contributed by atoms with Gasteiger partial charge in [0.25, 0.3) is 5.91 Å². The molecule has 1 atom stereocenters. The molecule has 0 radical (unpaired) electrons. The summed E-state index contributed by atoms with van der Waals surface area (Å²) in [7, 11) is 0. The summed E-state index contributed by atoms with van der Waals surface area (Å²) in [5.74, 6) is -0.398. The summed E-state index contributed by atoms with van der Waals surface area (Å²) in [4.78, 5) is 14.2. The van der Waals surface area contributed by atoms with E-state index in [-0.39, 0.29) is 13.0 Å². The number of nitrogens with zero attached hydrogens (tertiary/aromatic N) is 2. The third-order valence-electron chi connectivity index (χ3n) is 3.78. The van der Waals surface area contributed by atoms with Gasteiger partial charge in [0, 0.05) is 12.1 Å². The molecule has 104 valence electrons. The van der Waals surface area contributed by atoms with Crippen molar-refractivity contribution >= 4 is 11.6 Å². The molecule has 0 spiro atoms. The van der Waals surface area contributed by atoms with Gasteiger partial charge in [0.05, 0.1) is 18.2 Å². The van der Waals surface area contributed by atoms with Crippen LogP contribution in [0.2, 0.25) is 0 Å². The van der Waals surface area contributed by atoms with Crippen LogP contribution in [0.15, 0.2) is 54.6 Å². The van der Waals surface area contributed by atoms with Crippen molar-refractivity contribution in [2.45, 2.75) is 12.0 Å². The molecule has 3 rings (SSSR count). The third kappa shape index (κ3) is 1.91. The Morgan fingerprint density at radius 3 is 2.48 bits per heavy atom. The predicted octanol–water partition coefficient (Wildman–Crippen LogP) is 2.18. The van der Waals surface area contributed by atoms with Crippen LogP contribution in [0.3, 0.4) is 0 Å². The number of anilines is 1. The topological polar surface area (TPSA) is 64.3 Å². The Hall–Kier alpha value is -2.64. The first kappa shape index (κ1) is 13.3. The van der Waals surface area contributed by atoms with E-state index < -0.39 is 11.5 Å². The highest BCUT2D eigenvalue weighted by Gasteiger charge is 2.50. The standard InChI is InChI=1S/C17H14N2O2/c18-11-6-12-19-15-10-5-4-9-14(15)17(21,16(19)20)13-7-2-1-3-8-13/h1-5,7-10,21H,6,12H2. The Bertz CT molecular complexity index is 721. The number of rotatable bonds is 3. The average molecular weight is 278 g/mol. The van der Waals surface area contributed by atoms with Crippen LogP contribution < -0.4 is 4.90 Å². The van der Waals surface area contributed by atoms with Gasteiger partial charge in [-0.2, -0.15) is 5.26 Å². The molecule has 0 saturated heterocycles. The van der Waals surface area contributed by atoms with Crippen molar-refractivity contribution < 1.29 is 9.90 Å². The van der Waals surface area contributed by atoms with E-state index in [0.29, 0.717) is 16.8 Å². The second kappa shape index (κ2) is 5.04. The molecule has 1 aliphatic rings. The lowest BCUT2D eigenvalue weighted by atomic mass is 9.88. The first-order valence-electron chi connectivity index (χ1n) is 6.76. The largest absolute Gasteiger partial charge is 0.372 e. The van der Waals surface area contributed by atoms with E-state index in [4.69, 9.17) is 5.26 Å². The first-order chi connectivity index (χ1) is 10.2. The van der Waals surface area contributed by atoms with Crippen LogP contribution in [0.1, 0.15) is 17.5 Å². The normalized spacial score (nSPS) is 20.2. The van der Waals surface area contributed by atoms with Gasteiger partial charge in [-0.3, -0.25) is 4.79 Å². The van der Waals surface area contributed by atoms with E-state index >= 15 is 0 Å². The molecule has 4 heteroatoms. The number of carbonyl (C=O) groups is 1. The Morgan fingerprint density at radius 2 is 1.76 bits per heavy atom.